The lowest BCUT2D eigenvalue weighted by molar-refractivity contribution is -0.450. The molecular formula is C11H12F2O5S. The van der Waals surface area contributed by atoms with Crippen molar-refractivity contribution in [3.05, 3.63) is 0 Å². The van der Waals surface area contributed by atoms with Gasteiger partial charge in [-0.25, -0.2) is 4.79 Å². The molecule has 2 atom stereocenters. The van der Waals surface area contributed by atoms with Crippen molar-refractivity contribution in [1.82, 2.24) is 0 Å². The lowest BCUT2D eigenvalue weighted by atomic mass is 9.16. The molecule has 0 heterocycles. The summed E-state index contributed by atoms with van der Waals surface area (Å²) in [7, 11) is -5.78. The number of hydrogen-bond acceptors (Lipinski definition) is 4. The lowest BCUT2D eigenvalue weighted by Gasteiger charge is -2.89. The fraction of sp³-hybridized carbons (Fsp3) is 0.909. The minimum absolute atomic E-state index is 0.127. The second kappa shape index (κ2) is 2.81. The number of esters is 1. The van der Waals surface area contributed by atoms with E-state index in [2.05, 4.69) is 0 Å². The fourth-order valence-electron chi connectivity index (χ4n) is 5.35. The summed E-state index contributed by atoms with van der Waals surface area (Å²) < 4.78 is 60.7. The normalized spacial score (nSPS) is 49.5. The zero-order valence-electron chi connectivity index (χ0n) is 9.80. The van der Waals surface area contributed by atoms with Gasteiger partial charge in [0.25, 0.3) is 0 Å². The Hall–Kier alpha value is -0.760. The SMILES string of the molecule is O=C(OC12CC3CC4CC(C1)C432)C(F)(F)S(=O)(=O)O. The Labute approximate surface area is 108 Å². The first-order valence-corrected chi connectivity index (χ1v) is 7.67. The van der Waals surface area contributed by atoms with Gasteiger partial charge in [-0.15, -0.1) is 0 Å². The Morgan fingerprint density at radius 1 is 1.21 bits per heavy atom. The van der Waals surface area contributed by atoms with Crippen molar-refractivity contribution in [3.8, 4) is 0 Å². The summed E-state index contributed by atoms with van der Waals surface area (Å²) in [4.78, 5) is 11.4. The number of carbonyl (C=O) groups excluding carboxylic acids is 1. The predicted molar refractivity (Wildman–Crippen MR) is 56.7 cm³/mol. The van der Waals surface area contributed by atoms with E-state index in [1.807, 2.05) is 0 Å². The molecule has 0 radical (unpaired) electrons. The van der Waals surface area contributed by atoms with Crippen LogP contribution in [-0.4, -0.2) is 29.8 Å². The van der Waals surface area contributed by atoms with E-state index in [0.29, 0.717) is 30.6 Å². The van der Waals surface area contributed by atoms with Crippen LogP contribution in [0.1, 0.15) is 25.7 Å². The maximum absolute atomic E-state index is 13.2. The Morgan fingerprint density at radius 2 is 1.74 bits per heavy atom. The summed E-state index contributed by atoms with van der Waals surface area (Å²) in [5, 5.41) is -4.88. The maximum Gasteiger partial charge on any atom is 0.465 e. The molecule has 4 aliphatic carbocycles. The van der Waals surface area contributed by atoms with Crippen molar-refractivity contribution in [3.63, 3.8) is 0 Å². The van der Waals surface area contributed by atoms with Gasteiger partial charge in [-0.3, -0.25) is 4.55 Å². The van der Waals surface area contributed by atoms with Gasteiger partial charge in [-0.2, -0.15) is 17.2 Å². The van der Waals surface area contributed by atoms with Gasteiger partial charge >= 0.3 is 21.3 Å². The Kier molecular flexibility index (Phi) is 1.78. The first-order chi connectivity index (χ1) is 8.65. The van der Waals surface area contributed by atoms with E-state index in [4.69, 9.17) is 9.29 Å². The predicted octanol–water partition coefficient (Wildman–Crippen LogP) is 1.20. The molecule has 8 heteroatoms. The minimum atomic E-state index is -5.78. The number of alkyl halides is 2. The molecule has 19 heavy (non-hydrogen) atoms. The van der Waals surface area contributed by atoms with Gasteiger partial charge in [0.1, 0.15) is 5.60 Å². The molecule has 0 aromatic heterocycles. The van der Waals surface area contributed by atoms with E-state index < -0.39 is 26.9 Å². The van der Waals surface area contributed by atoms with Crippen LogP contribution in [0.2, 0.25) is 0 Å². The van der Waals surface area contributed by atoms with Gasteiger partial charge in [0, 0.05) is 5.41 Å². The number of carbonyl (C=O) groups is 1. The second-order valence-corrected chi connectivity index (χ2v) is 7.74. The largest absolute Gasteiger partial charge is 0.465 e. The first-order valence-electron chi connectivity index (χ1n) is 6.23. The van der Waals surface area contributed by atoms with Gasteiger partial charge in [0.15, 0.2) is 0 Å². The molecule has 5 nitrogen and oxygen atoms in total. The molecule has 0 amide bonds. The summed E-state index contributed by atoms with van der Waals surface area (Å²) in [5.74, 6) is -0.815. The van der Waals surface area contributed by atoms with Crippen LogP contribution in [-0.2, 0) is 19.6 Å². The molecule has 4 fully saturated rings. The van der Waals surface area contributed by atoms with Crippen molar-refractivity contribution in [2.75, 3.05) is 0 Å². The molecule has 1 N–H and O–H groups in total. The fourth-order valence-corrected chi connectivity index (χ4v) is 5.60. The molecule has 0 aliphatic heterocycles. The van der Waals surface area contributed by atoms with Crippen molar-refractivity contribution in [2.45, 2.75) is 36.5 Å². The standard InChI is InChI=1S/C11H12F2O5S/c12-11(13,19(15,16)17)8(14)18-9-3-6-1-5-2-7(4-9)10(5,6)9/h5-7H,1-4H2,(H,15,16,17). The Bertz CT molecular complexity index is 573. The monoisotopic (exact) mass is 294 g/mol. The first kappa shape index (κ1) is 12.0. The molecule has 4 saturated carbocycles. The molecule has 4 rings (SSSR count). The van der Waals surface area contributed by atoms with Gasteiger partial charge in [0.05, 0.1) is 0 Å². The van der Waals surface area contributed by atoms with E-state index in [-0.39, 0.29) is 5.41 Å². The number of hydrogen-bond donors (Lipinski definition) is 1. The van der Waals surface area contributed by atoms with Crippen LogP contribution in [0, 0.1) is 23.2 Å². The van der Waals surface area contributed by atoms with Gasteiger partial charge in [-0.05, 0) is 43.4 Å². The van der Waals surface area contributed by atoms with E-state index >= 15 is 0 Å². The third-order valence-corrected chi connectivity index (χ3v) is 6.77. The molecule has 1 spiro atoms. The summed E-state index contributed by atoms with van der Waals surface area (Å²) in [6, 6.07) is 0. The Balaban J connectivity index is 1.57. The summed E-state index contributed by atoms with van der Waals surface area (Å²) >= 11 is 0. The zero-order chi connectivity index (χ0) is 13.8. The van der Waals surface area contributed by atoms with Gasteiger partial charge < -0.3 is 4.74 Å². The summed E-state index contributed by atoms with van der Waals surface area (Å²) in [6.07, 6.45) is 3.22. The van der Waals surface area contributed by atoms with Crippen molar-refractivity contribution in [1.29, 1.82) is 0 Å². The van der Waals surface area contributed by atoms with Crippen LogP contribution in [0.15, 0.2) is 0 Å². The summed E-state index contributed by atoms with van der Waals surface area (Å²) in [5.41, 5.74) is -1.01. The number of ether oxygens (including phenoxy) is 1. The van der Waals surface area contributed by atoms with Gasteiger partial charge in [-0.1, -0.05) is 0 Å². The van der Waals surface area contributed by atoms with Crippen LogP contribution in [0.4, 0.5) is 8.78 Å². The number of rotatable bonds is 3. The number of halogens is 2. The van der Waals surface area contributed by atoms with E-state index in [9.17, 15) is 22.0 Å². The third kappa shape index (κ3) is 0.970. The van der Waals surface area contributed by atoms with E-state index in [1.54, 1.807) is 0 Å². The molecule has 4 aliphatic rings. The van der Waals surface area contributed by atoms with Crippen molar-refractivity contribution >= 4 is 16.1 Å². The van der Waals surface area contributed by atoms with Crippen LogP contribution in [0.25, 0.3) is 0 Å². The van der Waals surface area contributed by atoms with Crippen LogP contribution in [0.5, 0.6) is 0 Å². The van der Waals surface area contributed by atoms with Crippen LogP contribution in [0.3, 0.4) is 0 Å². The molecular weight excluding hydrogens is 282 g/mol. The highest BCUT2D eigenvalue weighted by Crippen LogP contribution is 2.90. The van der Waals surface area contributed by atoms with E-state index in [1.165, 1.54) is 0 Å². The van der Waals surface area contributed by atoms with Crippen molar-refractivity contribution < 1.29 is 31.3 Å². The molecule has 0 aromatic carbocycles. The quantitative estimate of drug-likeness (QED) is 0.625. The zero-order valence-corrected chi connectivity index (χ0v) is 10.6. The Morgan fingerprint density at radius 3 is 2.11 bits per heavy atom. The van der Waals surface area contributed by atoms with Crippen LogP contribution >= 0.6 is 0 Å². The smallest absolute Gasteiger partial charge is 0.453 e. The molecule has 0 saturated heterocycles. The summed E-state index contributed by atoms with van der Waals surface area (Å²) in [6.45, 7) is 0. The lowest BCUT2D eigenvalue weighted by Crippen LogP contribution is -2.90. The second-order valence-electron chi connectivity index (χ2n) is 6.28. The van der Waals surface area contributed by atoms with Crippen molar-refractivity contribution in [2.24, 2.45) is 23.2 Å². The minimum Gasteiger partial charge on any atom is -0.453 e. The highest BCUT2D eigenvalue weighted by molar-refractivity contribution is 7.87. The van der Waals surface area contributed by atoms with Crippen LogP contribution < -0.4 is 0 Å². The molecule has 106 valence electrons. The van der Waals surface area contributed by atoms with E-state index in [0.717, 1.165) is 12.8 Å². The third-order valence-electron chi connectivity index (χ3n) is 5.96. The highest BCUT2D eigenvalue weighted by atomic mass is 32.2. The maximum atomic E-state index is 13.2. The molecule has 0 bridgehead atoms. The average Bonchev–Trinajstić information content (AvgIpc) is 2.16. The molecule has 2 unspecified atom stereocenters. The highest BCUT2D eigenvalue weighted by Gasteiger charge is 2.90. The van der Waals surface area contributed by atoms with Gasteiger partial charge in [0.2, 0.25) is 0 Å². The average molecular weight is 294 g/mol. The molecule has 0 aromatic rings. The topological polar surface area (TPSA) is 80.7 Å².